The van der Waals surface area contributed by atoms with Crippen LogP contribution >= 0.6 is 23.5 Å². The van der Waals surface area contributed by atoms with E-state index in [1.54, 1.807) is 0 Å². The number of rotatable bonds is 15. The first-order chi connectivity index (χ1) is 11.7. The van der Waals surface area contributed by atoms with Crippen LogP contribution in [0.25, 0.3) is 0 Å². The van der Waals surface area contributed by atoms with Gasteiger partial charge in [-0.15, -0.1) is 0 Å². The Hall–Kier alpha value is -0.0900. The summed E-state index contributed by atoms with van der Waals surface area (Å²) >= 11 is 4.23. The highest BCUT2D eigenvalue weighted by atomic mass is 32.2. The number of aliphatic carboxylic acids is 1. The molecule has 1 aliphatic heterocycles. The summed E-state index contributed by atoms with van der Waals surface area (Å²) in [7, 11) is 0. The lowest BCUT2D eigenvalue weighted by atomic mass is 9.92. The zero-order valence-corrected chi connectivity index (χ0v) is 17.0. The van der Waals surface area contributed by atoms with Crippen LogP contribution in [0.1, 0.15) is 71.1 Å². The van der Waals surface area contributed by atoms with Gasteiger partial charge in [0, 0.05) is 12.2 Å². The van der Waals surface area contributed by atoms with Gasteiger partial charge in [-0.05, 0) is 54.8 Å². The third-order valence-corrected chi connectivity index (χ3v) is 7.15. The Morgan fingerprint density at radius 2 is 1.88 bits per heavy atom. The monoisotopic (exact) mass is 372 g/mol. The van der Waals surface area contributed by atoms with Gasteiger partial charge in [-0.3, -0.25) is 4.79 Å². The van der Waals surface area contributed by atoms with Crippen molar-refractivity contribution in [1.29, 1.82) is 0 Å². The number of carboxylic acid groups (broad SMARTS) is 1. The van der Waals surface area contributed by atoms with Gasteiger partial charge in [0.15, 0.2) is 0 Å². The summed E-state index contributed by atoms with van der Waals surface area (Å²) in [6.07, 6.45) is 16.1. The first kappa shape index (κ1) is 22.0. The summed E-state index contributed by atoms with van der Waals surface area (Å²) < 4.78 is 0. The Balaban J connectivity index is 2.01. The predicted octanol–water partition coefficient (Wildman–Crippen LogP) is 6.26. The van der Waals surface area contributed by atoms with E-state index in [0.29, 0.717) is 6.42 Å². The minimum absolute atomic E-state index is 0.338. The molecule has 4 heteroatoms. The molecule has 0 saturated carbocycles. The molecule has 0 bridgehead atoms. The number of hydrogen-bond donors (Lipinski definition) is 1. The van der Waals surface area contributed by atoms with Gasteiger partial charge in [-0.2, -0.15) is 23.5 Å². The second-order valence-electron chi connectivity index (χ2n) is 6.91. The van der Waals surface area contributed by atoms with E-state index in [1.165, 1.54) is 68.0 Å². The summed E-state index contributed by atoms with van der Waals surface area (Å²) in [5.74, 6) is 6.32. The lowest BCUT2D eigenvalue weighted by molar-refractivity contribution is -0.137. The minimum Gasteiger partial charge on any atom is -0.481 e. The highest BCUT2D eigenvalue weighted by Crippen LogP contribution is 2.35. The van der Waals surface area contributed by atoms with Crippen LogP contribution in [0.2, 0.25) is 0 Å². The van der Waals surface area contributed by atoms with Crippen molar-refractivity contribution < 1.29 is 9.90 Å². The van der Waals surface area contributed by atoms with Crippen molar-refractivity contribution in [3.63, 3.8) is 0 Å². The van der Waals surface area contributed by atoms with E-state index < -0.39 is 5.97 Å². The van der Waals surface area contributed by atoms with Gasteiger partial charge in [0.1, 0.15) is 0 Å². The van der Waals surface area contributed by atoms with Crippen molar-refractivity contribution in [1.82, 2.24) is 0 Å². The Morgan fingerprint density at radius 3 is 2.67 bits per heavy atom. The zero-order valence-electron chi connectivity index (χ0n) is 15.4. The summed E-state index contributed by atoms with van der Waals surface area (Å²) in [4.78, 5) is 10.5. The van der Waals surface area contributed by atoms with Gasteiger partial charge >= 0.3 is 5.97 Å². The van der Waals surface area contributed by atoms with Gasteiger partial charge in [0.05, 0.1) is 0 Å². The van der Waals surface area contributed by atoms with Crippen LogP contribution in [-0.4, -0.2) is 34.1 Å². The molecule has 0 aliphatic carbocycles. The van der Waals surface area contributed by atoms with Crippen molar-refractivity contribution in [2.24, 2.45) is 11.8 Å². The van der Waals surface area contributed by atoms with Crippen LogP contribution in [0, 0.1) is 11.8 Å². The molecule has 1 saturated heterocycles. The molecule has 1 fully saturated rings. The maximum Gasteiger partial charge on any atom is 0.303 e. The molecule has 1 heterocycles. The van der Waals surface area contributed by atoms with E-state index in [9.17, 15) is 4.79 Å². The van der Waals surface area contributed by atoms with Crippen LogP contribution in [0.4, 0.5) is 0 Å². The molecular weight excluding hydrogens is 336 g/mol. The number of thioether (sulfide) groups is 2. The third kappa shape index (κ3) is 11.5. The molecule has 2 unspecified atom stereocenters. The summed E-state index contributed by atoms with van der Waals surface area (Å²) in [5, 5.41) is 8.64. The molecule has 0 aromatic rings. The van der Waals surface area contributed by atoms with Gasteiger partial charge in [-0.25, -0.2) is 0 Å². The highest BCUT2D eigenvalue weighted by molar-refractivity contribution is 8.00. The largest absolute Gasteiger partial charge is 0.481 e. The zero-order chi connectivity index (χ0) is 17.5. The van der Waals surface area contributed by atoms with Gasteiger partial charge < -0.3 is 5.11 Å². The fourth-order valence-corrected chi connectivity index (χ4v) is 5.99. The summed E-state index contributed by atoms with van der Waals surface area (Å²) in [6, 6.07) is 0. The number of hydrogen-bond acceptors (Lipinski definition) is 3. The lowest BCUT2D eigenvalue weighted by Crippen LogP contribution is -2.15. The van der Waals surface area contributed by atoms with Gasteiger partial charge in [-0.1, -0.05) is 51.2 Å². The van der Waals surface area contributed by atoms with Crippen molar-refractivity contribution in [3.8, 4) is 0 Å². The molecule has 24 heavy (non-hydrogen) atoms. The second kappa shape index (κ2) is 15.2. The predicted molar refractivity (Wildman–Crippen MR) is 110 cm³/mol. The fourth-order valence-electron chi connectivity index (χ4n) is 3.17. The van der Waals surface area contributed by atoms with E-state index in [-0.39, 0.29) is 0 Å². The molecule has 0 aromatic heterocycles. The van der Waals surface area contributed by atoms with Crippen LogP contribution in [-0.2, 0) is 4.79 Å². The fraction of sp³-hybridized carbons (Fsp3) is 0.850. The number of carbonyl (C=O) groups is 1. The van der Waals surface area contributed by atoms with Crippen molar-refractivity contribution >= 4 is 29.5 Å². The van der Waals surface area contributed by atoms with E-state index in [4.69, 9.17) is 5.11 Å². The normalized spacial score (nSPS) is 20.9. The Bertz CT molecular complexity index is 345. The topological polar surface area (TPSA) is 37.3 Å². The molecule has 1 rings (SSSR count). The molecule has 1 aliphatic rings. The lowest BCUT2D eigenvalue weighted by Gasteiger charge is -2.18. The maximum absolute atomic E-state index is 10.5. The van der Waals surface area contributed by atoms with Crippen LogP contribution < -0.4 is 0 Å². The second-order valence-corrected chi connectivity index (χ2v) is 9.06. The molecule has 140 valence electrons. The van der Waals surface area contributed by atoms with E-state index in [2.05, 4.69) is 42.6 Å². The molecule has 0 radical (unpaired) electrons. The van der Waals surface area contributed by atoms with Crippen LogP contribution in [0.15, 0.2) is 12.2 Å². The average Bonchev–Trinajstić information content (AvgIpc) is 3.00. The first-order valence-electron chi connectivity index (χ1n) is 9.76. The first-order valence-corrected chi connectivity index (χ1v) is 12.1. The van der Waals surface area contributed by atoms with Crippen LogP contribution in [0.3, 0.4) is 0 Å². The molecule has 0 aromatic carbocycles. The highest BCUT2D eigenvalue weighted by Gasteiger charge is 2.26. The number of carboxylic acids is 1. The smallest absolute Gasteiger partial charge is 0.303 e. The van der Waals surface area contributed by atoms with Crippen molar-refractivity contribution in [3.05, 3.63) is 12.2 Å². The SMILES string of the molecule is CCCCC/C=C/CSCC1CSCC1CCCCCCC(=O)O. The molecule has 0 amide bonds. The van der Waals surface area contributed by atoms with E-state index in [0.717, 1.165) is 24.7 Å². The maximum atomic E-state index is 10.5. The van der Waals surface area contributed by atoms with Crippen molar-refractivity contribution in [2.75, 3.05) is 23.0 Å². The molecule has 2 atom stereocenters. The van der Waals surface area contributed by atoms with Gasteiger partial charge in [0.2, 0.25) is 0 Å². The summed E-state index contributed by atoms with van der Waals surface area (Å²) in [6.45, 7) is 2.26. The van der Waals surface area contributed by atoms with Crippen LogP contribution in [0.5, 0.6) is 0 Å². The molecule has 2 nitrogen and oxygen atoms in total. The Kier molecular flexibility index (Phi) is 13.9. The molecule has 1 N–H and O–H groups in total. The third-order valence-electron chi connectivity index (χ3n) is 4.73. The Labute approximate surface area is 157 Å². The molecular formula is C20H36O2S2. The number of allylic oxidation sites excluding steroid dienone is 1. The van der Waals surface area contributed by atoms with E-state index in [1.807, 2.05) is 0 Å². The van der Waals surface area contributed by atoms with Gasteiger partial charge in [0.25, 0.3) is 0 Å². The minimum atomic E-state index is -0.654. The van der Waals surface area contributed by atoms with E-state index >= 15 is 0 Å². The Morgan fingerprint density at radius 1 is 1.08 bits per heavy atom. The number of unbranched alkanes of at least 4 members (excludes halogenated alkanes) is 6. The average molecular weight is 373 g/mol. The summed E-state index contributed by atoms with van der Waals surface area (Å²) in [5.41, 5.74) is 0. The standard InChI is InChI=1S/C20H36O2S2/c1-2-3-4-5-8-11-14-23-16-19-17-24-15-18(19)12-9-6-7-10-13-20(21)22/h8,11,18-19H,2-7,9-10,12-17H2,1H3,(H,21,22)/b11-8+. The van der Waals surface area contributed by atoms with Crippen molar-refractivity contribution in [2.45, 2.75) is 71.1 Å². The molecule has 0 spiro atoms. The quantitative estimate of drug-likeness (QED) is 0.272.